The van der Waals surface area contributed by atoms with Gasteiger partial charge in [-0.25, -0.2) is 4.98 Å². The smallest absolute Gasteiger partial charge is 0.242 e. The summed E-state index contributed by atoms with van der Waals surface area (Å²) >= 11 is 0. The lowest BCUT2D eigenvalue weighted by Crippen LogP contribution is -2.50. The average molecular weight is 883 g/mol. The molecule has 4 amide bonds. The zero-order chi connectivity index (χ0) is 44.8. The van der Waals surface area contributed by atoms with Crippen molar-refractivity contribution in [3.8, 4) is 34.5 Å². The van der Waals surface area contributed by atoms with Gasteiger partial charge in [0.25, 0.3) is 0 Å². The average Bonchev–Trinajstić information content (AvgIpc) is 4.13. The number of amides is 4. The van der Waals surface area contributed by atoms with Gasteiger partial charge < -0.3 is 63.6 Å². The van der Waals surface area contributed by atoms with E-state index in [1.54, 1.807) is 67.1 Å². The largest absolute Gasteiger partial charge is 0.454 e. The maximum absolute atomic E-state index is 14.7. The Morgan fingerprint density at radius 2 is 1.08 bits per heavy atom. The molecule has 19 heteroatoms. The zero-order valence-corrected chi connectivity index (χ0v) is 35.9. The van der Waals surface area contributed by atoms with Gasteiger partial charge >= 0.3 is 0 Å². The van der Waals surface area contributed by atoms with Gasteiger partial charge in [-0.3, -0.25) is 24.0 Å². The maximum atomic E-state index is 14.7. The number of Topliss-reactive ketones (excluding diaryl/α,β-unsaturated/α-hetero) is 1. The molecule has 0 fully saturated rings. The number of hydrogen-bond donors (Lipinski definition) is 2. The lowest BCUT2D eigenvalue weighted by Gasteiger charge is -2.31. The molecule has 0 saturated carbocycles. The van der Waals surface area contributed by atoms with Gasteiger partial charge in [-0.2, -0.15) is 0 Å². The maximum Gasteiger partial charge on any atom is 0.242 e. The highest BCUT2D eigenvalue weighted by atomic mass is 16.7. The second-order valence-corrected chi connectivity index (χ2v) is 15.7. The number of nitrogens with one attached hydrogen (secondary N) is 1. The molecule has 4 aromatic rings. The molecular weight excluding hydrogens is 829 g/mol. The van der Waals surface area contributed by atoms with Crippen molar-refractivity contribution in [1.29, 1.82) is 0 Å². The van der Waals surface area contributed by atoms with E-state index in [9.17, 15) is 24.0 Å². The van der Waals surface area contributed by atoms with Crippen LogP contribution in [0.3, 0.4) is 0 Å². The van der Waals surface area contributed by atoms with Crippen LogP contribution in [0.15, 0.2) is 73.3 Å². The van der Waals surface area contributed by atoms with E-state index in [-0.39, 0.29) is 77.9 Å². The summed E-state index contributed by atoms with van der Waals surface area (Å²) in [6.45, 7) is 2.13. The highest BCUT2D eigenvalue weighted by molar-refractivity contribution is 5.91. The number of ether oxygens (including phenoxy) is 6. The van der Waals surface area contributed by atoms with E-state index in [0.29, 0.717) is 77.2 Å². The standard InChI is InChI=1S/C45H54N8O11/c1-32(54)21-51(22-33-5-8-36-39(17-33)62-29-59-36)44(57)26-53(24-35-7-10-38-41(19-35)64-31-61-38)45(58)27-52(23-34-6-9-37-40(18-34)63-30-60-37)43(56)25-50(15-4-14-49-16-13-48-28-49)42(55)20-47-12-3-2-11-46/h5-10,13,16-19,28,47H,2-4,11-12,14-15,20-27,29-31,46H2,1H3. The summed E-state index contributed by atoms with van der Waals surface area (Å²) in [5.74, 6) is 1.12. The van der Waals surface area contributed by atoms with E-state index in [4.69, 9.17) is 34.2 Å². The second kappa shape index (κ2) is 22.0. The normalized spacial score (nSPS) is 12.8. The molecular formula is C45H54N8O11. The summed E-state index contributed by atoms with van der Waals surface area (Å²) in [6, 6.07) is 15.8. The molecule has 0 radical (unpaired) electrons. The van der Waals surface area contributed by atoms with E-state index in [2.05, 4.69) is 10.3 Å². The summed E-state index contributed by atoms with van der Waals surface area (Å²) < 4.78 is 35.1. The summed E-state index contributed by atoms with van der Waals surface area (Å²) in [5, 5.41) is 3.16. The summed E-state index contributed by atoms with van der Waals surface area (Å²) in [5.41, 5.74) is 7.64. The molecule has 3 N–H and O–H groups in total. The van der Waals surface area contributed by atoms with Crippen molar-refractivity contribution in [3.63, 3.8) is 0 Å². The highest BCUT2D eigenvalue weighted by Crippen LogP contribution is 2.35. The topological polar surface area (TPSA) is 210 Å². The van der Waals surface area contributed by atoms with Gasteiger partial charge in [0.2, 0.25) is 44.0 Å². The van der Waals surface area contributed by atoms with Crippen molar-refractivity contribution in [2.75, 3.05) is 72.7 Å². The predicted molar refractivity (Wildman–Crippen MR) is 229 cm³/mol. The van der Waals surface area contributed by atoms with Crippen LogP contribution in [-0.2, 0) is 50.2 Å². The number of imidazole rings is 1. The van der Waals surface area contributed by atoms with Crippen LogP contribution in [0.2, 0.25) is 0 Å². The van der Waals surface area contributed by atoms with Gasteiger partial charge in [-0.15, -0.1) is 0 Å². The van der Waals surface area contributed by atoms with Crippen LogP contribution in [0, 0.1) is 0 Å². The summed E-state index contributed by atoms with van der Waals surface area (Å²) in [4.78, 5) is 79.6. The third-order valence-electron chi connectivity index (χ3n) is 10.7. The first-order chi connectivity index (χ1) is 31.1. The second-order valence-electron chi connectivity index (χ2n) is 15.7. The van der Waals surface area contributed by atoms with E-state index in [1.807, 2.05) is 10.8 Å². The molecule has 340 valence electrons. The Bertz CT molecular complexity index is 2270. The highest BCUT2D eigenvalue weighted by Gasteiger charge is 2.29. The molecule has 3 aliphatic heterocycles. The first-order valence-corrected chi connectivity index (χ1v) is 21.2. The number of benzene rings is 3. The third kappa shape index (κ3) is 12.4. The van der Waals surface area contributed by atoms with Crippen LogP contribution < -0.4 is 39.5 Å². The van der Waals surface area contributed by atoms with Crippen molar-refractivity contribution in [1.82, 2.24) is 34.5 Å². The van der Waals surface area contributed by atoms with Crippen LogP contribution in [0.1, 0.15) is 42.9 Å². The molecule has 0 unspecified atom stereocenters. The van der Waals surface area contributed by atoms with E-state index in [0.717, 1.165) is 12.8 Å². The fourth-order valence-electron chi connectivity index (χ4n) is 7.39. The lowest BCUT2D eigenvalue weighted by molar-refractivity contribution is -0.147. The number of nitrogens with zero attached hydrogens (tertiary/aromatic N) is 6. The Kier molecular flexibility index (Phi) is 15.5. The number of carbonyl (C=O) groups is 5. The van der Waals surface area contributed by atoms with Gasteiger partial charge in [-0.1, -0.05) is 18.2 Å². The molecule has 0 aliphatic carbocycles. The van der Waals surface area contributed by atoms with Crippen LogP contribution in [0.25, 0.3) is 0 Å². The fourth-order valence-corrected chi connectivity index (χ4v) is 7.39. The van der Waals surface area contributed by atoms with Crippen molar-refractivity contribution in [2.24, 2.45) is 5.73 Å². The molecule has 1 aromatic heterocycles. The van der Waals surface area contributed by atoms with Crippen molar-refractivity contribution < 1.29 is 52.4 Å². The van der Waals surface area contributed by atoms with Crippen LogP contribution in [-0.4, -0.2) is 131 Å². The monoisotopic (exact) mass is 882 g/mol. The summed E-state index contributed by atoms with van der Waals surface area (Å²) in [6.07, 6.45) is 7.33. The zero-order valence-electron chi connectivity index (χ0n) is 35.9. The molecule has 0 spiro atoms. The van der Waals surface area contributed by atoms with Crippen LogP contribution in [0.5, 0.6) is 34.5 Å². The number of aryl methyl sites for hydroxylation is 1. The van der Waals surface area contributed by atoms with Gasteiger partial charge in [-0.05, 0) is 92.4 Å². The summed E-state index contributed by atoms with van der Waals surface area (Å²) in [7, 11) is 0. The van der Waals surface area contributed by atoms with Crippen molar-refractivity contribution in [3.05, 3.63) is 90.0 Å². The fraction of sp³-hybridized carbons (Fsp3) is 0.422. The molecule has 4 heterocycles. The minimum atomic E-state index is -0.550. The molecule has 64 heavy (non-hydrogen) atoms. The molecule has 3 aromatic carbocycles. The minimum absolute atomic E-state index is 0.0124. The Balaban J connectivity index is 1.13. The number of hydrogen-bond acceptors (Lipinski definition) is 14. The SMILES string of the molecule is CC(=O)CN(Cc1ccc2c(c1)OCO2)C(=O)CN(Cc1ccc2c(c1)OCO2)C(=O)CN(Cc1ccc2c(c1)OCO2)C(=O)CN(CCCn1ccnc1)C(=O)CNCCCCN. The Morgan fingerprint density at radius 1 is 0.609 bits per heavy atom. The quantitative estimate of drug-likeness (QED) is 0.0969. The first kappa shape index (κ1) is 45.2. The van der Waals surface area contributed by atoms with Crippen LogP contribution >= 0.6 is 0 Å². The Labute approximate surface area is 370 Å². The van der Waals surface area contributed by atoms with Crippen molar-refractivity contribution >= 4 is 29.4 Å². The number of rotatable bonds is 24. The van der Waals surface area contributed by atoms with Gasteiger partial charge in [0, 0.05) is 45.1 Å². The van der Waals surface area contributed by atoms with Gasteiger partial charge in [0.05, 0.1) is 26.0 Å². The first-order valence-electron chi connectivity index (χ1n) is 21.2. The predicted octanol–water partition coefficient (Wildman–Crippen LogP) is 2.29. The molecule has 0 saturated heterocycles. The minimum Gasteiger partial charge on any atom is -0.454 e. The van der Waals surface area contributed by atoms with Gasteiger partial charge in [0.15, 0.2) is 34.5 Å². The lowest BCUT2D eigenvalue weighted by atomic mass is 10.1. The third-order valence-corrected chi connectivity index (χ3v) is 10.7. The number of fused-ring (bicyclic) bond motifs is 3. The molecule has 0 bridgehead atoms. The number of ketones is 1. The molecule has 7 rings (SSSR count). The number of nitrogens with two attached hydrogens (primary N) is 1. The number of unbranched alkanes of at least 4 members (excludes halogenated alkanes) is 1. The Hall–Kier alpha value is -6.86. The van der Waals surface area contributed by atoms with E-state index in [1.165, 1.54) is 26.5 Å². The molecule has 19 nitrogen and oxygen atoms in total. The van der Waals surface area contributed by atoms with Gasteiger partial charge in [0.1, 0.15) is 18.9 Å². The Morgan fingerprint density at radius 3 is 1.53 bits per heavy atom. The van der Waals surface area contributed by atoms with E-state index >= 15 is 0 Å². The van der Waals surface area contributed by atoms with Crippen molar-refractivity contribution in [2.45, 2.75) is 52.4 Å². The molecule has 3 aliphatic rings. The molecule has 0 atom stereocenters. The van der Waals surface area contributed by atoms with E-state index < -0.39 is 30.8 Å². The number of carbonyl (C=O) groups excluding carboxylic acids is 5. The number of aromatic nitrogens is 2. The van der Waals surface area contributed by atoms with Crippen LogP contribution in [0.4, 0.5) is 0 Å².